The molecular formula is C31H28FN5O5. The van der Waals surface area contributed by atoms with Crippen LogP contribution in [0, 0.1) is 11.2 Å². The fraction of sp³-hybridized carbons (Fsp3) is 0.194. The maximum absolute atomic E-state index is 13.2. The zero-order valence-corrected chi connectivity index (χ0v) is 22.9. The molecule has 0 bridgehead atoms. The summed E-state index contributed by atoms with van der Waals surface area (Å²) < 4.78 is 30.2. The van der Waals surface area contributed by atoms with E-state index in [-0.39, 0.29) is 0 Å². The number of methoxy groups -OCH3 is 2. The van der Waals surface area contributed by atoms with Crippen LogP contribution in [-0.4, -0.2) is 31.0 Å². The SMILES string of the molecule is COc1cc2c(cc1OC)Nc1nccc(Oc3ccc(NC(=O)C4(C(=O)Nc5ccc(F)cc5)CC4)cc3)c1NC2. The predicted octanol–water partition coefficient (Wildman–Crippen LogP) is 6.06. The summed E-state index contributed by atoms with van der Waals surface area (Å²) >= 11 is 0. The van der Waals surface area contributed by atoms with Crippen molar-refractivity contribution in [3.63, 3.8) is 0 Å². The van der Waals surface area contributed by atoms with Gasteiger partial charge in [-0.25, -0.2) is 9.37 Å². The van der Waals surface area contributed by atoms with Crippen LogP contribution >= 0.6 is 0 Å². The number of amides is 2. The van der Waals surface area contributed by atoms with Crippen molar-refractivity contribution in [2.45, 2.75) is 19.4 Å². The van der Waals surface area contributed by atoms with Crippen molar-refractivity contribution >= 4 is 40.4 Å². The molecule has 1 fully saturated rings. The molecule has 0 spiro atoms. The van der Waals surface area contributed by atoms with E-state index in [0.717, 1.165) is 11.3 Å². The number of halogens is 1. The normalized spacial score (nSPS) is 14.1. The van der Waals surface area contributed by atoms with Gasteiger partial charge in [0.25, 0.3) is 0 Å². The van der Waals surface area contributed by atoms with Crippen LogP contribution in [-0.2, 0) is 16.1 Å². The molecular weight excluding hydrogens is 541 g/mol. The molecule has 2 aliphatic rings. The molecule has 3 aromatic carbocycles. The average molecular weight is 570 g/mol. The van der Waals surface area contributed by atoms with Gasteiger partial charge in [-0.2, -0.15) is 0 Å². The van der Waals surface area contributed by atoms with E-state index < -0.39 is 23.0 Å². The molecule has 4 N–H and O–H groups in total. The summed E-state index contributed by atoms with van der Waals surface area (Å²) in [5.74, 6) is 1.73. The number of rotatable bonds is 8. The molecule has 10 nitrogen and oxygen atoms in total. The van der Waals surface area contributed by atoms with E-state index in [9.17, 15) is 14.0 Å². The number of hydrogen-bond donors (Lipinski definition) is 4. The Morgan fingerprint density at radius 1 is 0.857 bits per heavy atom. The Morgan fingerprint density at radius 2 is 1.48 bits per heavy atom. The third kappa shape index (κ3) is 5.24. The first-order chi connectivity index (χ1) is 20.4. The Morgan fingerprint density at radius 3 is 2.10 bits per heavy atom. The lowest BCUT2D eigenvalue weighted by atomic mass is 10.0. The summed E-state index contributed by atoms with van der Waals surface area (Å²) in [6.07, 6.45) is 2.52. The van der Waals surface area contributed by atoms with Crippen molar-refractivity contribution in [3.8, 4) is 23.0 Å². The highest BCUT2D eigenvalue weighted by atomic mass is 19.1. The molecule has 1 aromatic heterocycles. The number of anilines is 5. The molecule has 11 heteroatoms. The van der Waals surface area contributed by atoms with E-state index in [1.165, 1.54) is 24.3 Å². The number of pyridine rings is 1. The quantitative estimate of drug-likeness (QED) is 0.189. The average Bonchev–Trinajstić information content (AvgIpc) is 3.83. The van der Waals surface area contributed by atoms with E-state index in [4.69, 9.17) is 14.2 Å². The Hall–Kier alpha value is -5.32. The molecule has 1 aliphatic carbocycles. The van der Waals surface area contributed by atoms with E-state index in [1.54, 1.807) is 50.7 Å². The van der Waals surface area contributed by atoms with Crippen LogP contribution in [0.5, 0.6) is 23.0 Å². The Balaban J connectivity index is 1.12. The van der Waals surface area contributed by atoms with Crippen molar-refractivity contribution in [2.24, 2.45) is 5.41 Å². The molecule has 0 unspecified atom stereocenters. The maximum Gasteiger partial charge on any atom is 0.240 e. The van der Waals surface area contributed by atoms with Gasteiger partial charge in [0.2, 0.25) is 11.8 Å². The Bertz CT molecular complexity index is 1660. The van der Waals surface area contributed by atoms with Gasteiger partial charge in [0.1, 0.15) is 22.7 Å². The lowest BCUT2D eigenvalue weighted by Gasteiger charge is -2.16. The third-order valence-corrected chi connectivity index (χ3v) is 7.29. The van der Waals surface area contributed by atoms with Gasteiger partial charge in [-0.15, -0.1) is 0 Å². The molecule has 42 heavy (non-hydrogen) atoms. The highest BCUT2D eigenvalue weighted by molar-refractivity contribution is 6.16. The van der Waals surface area contributed by atoms with Crippen LogP contribution in [0.1, 0.15) is 18.4 Å². The molecule has 4 aromatic rings. The first-order valence-corrected chi connectivity index (χ1v) is 13.3. The highest BCUT2D eigenvalue weighted by Crippen LogP contribution is 2.48. The third-order valence-electron chi connectivity index (χ3n) is 7.29. The van der Waals surface area contributed by atoms with Gasteiger partial charge in [-0.1, -0.05) is 0 Å². The van der Waals surface area contributed by atoms with Crippen molar-refractivity contribution < 1.29 is 28.2 Å². The van der Waals surface area contributed by atoms with Crippen LogP contribution in [0.4, 0.5) is 33.0 Å². The van der Waals surface area contributed by atoms with Crippen LogP contribution in [0.3, 0.4) is 0 Å². The predicted molar refractivity (Wildman–Crippen MR) is 156 cm³/mol. The fourth-order valence-corrected chi connectivity index (χ4v) is 4.74. The number of fused-ring (bicyclic) bond motifs is 2. The Kier molecular flexibility index (Phi) is 6.99. The number of carbonyl (C=O) groups excluding carboxylic acids is 2. The number of aromatic nitrogens is 1. The molecule has 2 amide bonds. The van der Waals surface area contributed by atoms with Gasteiger partial charge in [0, 0.05) is 41.9 Å². The number of hydrogen-bond acceptors (Lipinski definition) is 8. The molecule has 0 radical (unpaired) electrons. The zero-order valence-electron chi connectivity index (χ0n) is 22.9. The van der Waals surface area contributed by atoms with Crippen LogP contribution in [0.15, 0.2) is 72.9 Å². The summed E-state index contributed by atoms with van der Waals surface area (Å²) in [5.41, 5.74) is 2.30. The van der Waals surface area contributed by atoms with Crippen molar-refractivity contribution in [1.82, 2.24) is 4.98 Å². The van der Waals surface area contributed by atoms with E-state index in [1.807, 2.05) is 12.1 Å². The van der Waals surface area contributed by atoms with Crippen LogP contribution in [0.2, 0.25) is 0 Å². The van der Waals surface area contributed by atoms with Gasteiger partial charge in [-0.3, -0.25) is 9.59 Å². The van der Waals surface area contributed by atoms with Crippen LogP contribution < -0.4 is 35.5 Å². The van der Waals surface area contributed by atoms with Gasteiger partial charge < -0.3 is 35.5 Å². The minimum atomic E-state index is -1.15. The second-order valence-corrected chi connectivity index (χ2v) is 10.00. The lowest BCUT2D eigenvalue weighted by molar-refractivity contribution is -0.131. The number of nitrogens with zero attached hydrogens (tertiary/aromatic N) is 1. The molecule has 214 valence electrons. The highest BCUT2D eigenvalue weighted by Gasteiger charge is 2.56. The molecule has 2 heterocycles. The maximum atomic E-state index is 13.2. The monoisotopic (exact) mass is 569 g/mol. The molecule has 1 saturated carbocycles. The number of carbonyl (C=O) groups is 2. The number of ether oxygens (including phenoxy) is 3. The minimum absolute atomic E-state index is 0.390. The second-order valence-electron chi connectivity index (χ2n) is 10.00. The van der Waals surface area contributed by atoms with Crippen molar-refractivity contribution in [1.29, 1.82) is 0 Å². The number of nitrogens with one attached hydrogen (secondary N) is 4. The van der Waals surface area contributed by atoms with E-state index in [0.29, 0.717) is 65.3 Å². The Labute approximate surface area is 241 Å². The zero-order chi connectivity index (χ0) is 29.3. The summed E-state index contributed by atoms with van der Waals surface area (Å²) in [6, 6.07) is 17.8. The summed E-state index contributed by atoms with van der Waals surface area (Å²) in [7, 11) is 3.18. The van der Waals surface area contributed by atoms with Crippen molar-refractivity contribution in [3.05, 3.63) is 84.3 Å². The molecule has 1 aliphatic heterocycles. The van der Waals surface area contributed by atoms with E-state index in [2.05, 4.69) is 26.3 Å². The van der Waals surface area contributed by atoms with E-state index >= 15 is 0 Å². The molecule has 0 atom stereocenters. The van der Waals surface area contributed by atoms with Gasteiger partial charge >= 0.3 is 0 Å². The fourth-order valence-electron chi connectivity index (χ4n) is 4.74. The van der Waals surface area contributed by atoms with Gasteiger partial charge in [0.05, 0.1) is 14.2 Å². The minimum Gasteiger partial charge on any atom is -0.493 e. The van der Waals surface area contributed by atoms with Gasteiger partial charge in [0.15, 0.2) is 23.1 Å². The van der Waals surface area contributed by atoms with Crippen molar-refractivity contribution in [2.75, 3.05) is 35.5 Å². The lowest BCUT2D eigenvalue weighted by Crippen LogP contribution is -2.35. The summed E-state index contributed by atoms with van der Waals surface area (Å²) in [5, 5.41) is 12.3. The second kappa shape index (κ2) is 10.9. The first kappa shape index (κ1) is 26.9. The summed E-state index contributed by atoms with van der Waals surface area (Å²) in [6.45, 7) is 0.499. The number of benzene rings is 3. The molecule has 6 rings (SSSR count). The smallest absolute Gasteiger partial charge is 0.240 e. The first-order valence-electron chi connectivity index (χ1n) is 13.3. The standard InChI is InChI=1S/C31H28FN5O5/c1-40-25-15-18-17-34-27-24(11-14-33-28(27)37-23(18)16-26(25)41-2)42-22-9-7-21(8-10-22)36-30(39)31(12-13-31)29(38)35-20-5-3-19(32)4-6-20/h3-11,14-16,34H,12-13,17H2,1-2H3,(H,33,37)(H,35,38)(H,36,39). The topological polar surface area (TPSA) is 123 Å². The van der Waals surface area contributed by atoms with Gasteiger partial charge in [-0.05, 0) is 73.0 Å². The molecule has 0 saturated heterocycles. The van der Waals surface area contributed by atoms with Crippen LogP contribution in [0.25, 0.3) is 0 Å². The summed E-state index contributed by atoms with van der Waals surface area (Å²) in [4.78, 5) is 30.3. The largest absolute Gasteiger partial charge is 0.493 e.